The van der Waals surface area contributed by atoms with Gasteiger partial charge in [0.25, 0.3) is 0 Å². The van der Waals surface area contributed by atoms with Gasteiger partial charge in [-0.2, -0.15) is 5.10 Å². The van der Waals surface area contributed by atoms with Crippen LogP contribution in [0, 0.1) is 0 Å². The molecule has 1 aromatic heterocycles. The first kappa shape index (κ1) is 21.4. The Morgan fingerprint density at radius 1 is 0.967 bits per heavy atom. The lowest BCUT2D eigenvalue weighted by Gasteiger charge is -2.13. The molecule has 0 saturated carbocycles. The van der Waals surface area contributed by atoms with Gasteiger partial charge < -0.3 is 18.9 Å². The molecule has 30 heavy (non-hydrogen) atoms. The zero-order valence-corrected chi connectivity index (χ0v) is 18.4. The third-order valence-electron chi connectivity index (χ3n) is 4.11. The van der Waals surface area contributed by atoms with E-state index in [0.717, 1.165) is 22.6 Å². The predicted octanol–water partition coefficient (Wildman–Crippen LogP) is 5.07. The summed E-state index contributed by atoms with van der Waals surface area (Å²) in [4.78, 5) is 4.59. The van der Waals surface area contributed by atoms with Crippen LogP contribution in [0.15, 0.2) is 46.9 Å². The van der Waals surface area contributed by atoms with Crippen molar-refractivity contribution in [2.45, 2.75) is 20.0 Å². The van der Waals surface area contributed by atoms with Gasteiger partial charge in [0, 0.05) is 17.0 Å². The first-order valence-electron chi connectivity index (χ1n) is 9.35. The molecule has 1 N–H and O–H groups in total. The average molecular weight is 428 g/mol. The molecule has 0 unspecified atom stereocenters. The van der Waals surface area contributed by atoms with E-state index in [1.807, 2.05) is 55.6 Å². The van der Waals surface area contributed by atoms with Crippen LogP contribution in [0.5, 0.6) is 23.0 Å². The molecule has 0 aliphatic rings. The summed E-state index contributed by atoms with van der Waals surface area (Å²) < 4.78 is 21.8. The Hall–Kier alpha value is -3.26. The van der Waals surface area contributed by atoms with Crippen molar-refractivity contribution in [3.63, 3.8) is 0 Å². The van der Waals surface area contributed by atoms with Crippen LogP contribution < -0.4 is 24.4 Å². The largest absolute Gasteiger partial charge is 0.497 e. The smallest absolute Gasteiger partial charge is 0.203 e. The van der Waals surface area contributed by atoms with E-state index in [-0.39, 0.29) is 6.10 Å². The lowest BCUT2D eigenvalue weighted by molar-refractivity contribution is 0.230. The van der Waals surface area contributed by atoms with Crippen LogP contribution >= 0.6 is 11.3 Å². The van der Waals surface area contributed by atoms with Gasteiger partial charge in [-0.3, -0.25) is 5.43 Å². The number of benzene rings is 2. The summed E-state index contributed by atoms with van der Waals surface area (Å²) in [6.07, 6.45) is 1.76. The minimum Gasteiger partial charge on any atom is -0.497 e. The zero-order valence-electron chi connectivity index (χ0n) is 17.6. The van der Waals surface area contributed by atoms with E-state index in [0.29, 0.717) is 22.4 Å². The highest BCUT2D eigenvalue weighted by molar-refractivity contribution is 7.14. The molecule has 0 saturated heterocycles. The maximum atomic E-state index is 5.79. The van der Waals surface area contributed by atoms with Gasteiger partial charge in [0.05, 0.1) is 39.3 Å². The molecule has 0 aliphatic heterocycles. The third kappa shape index (κ3) is 5.21. The summed E-state index contributed by atoms with van der Waals surface area (Å²) in [5.41, 5.74) is 5.54. The van der Waals surface area contributed by atoms with Crippen molar-refractivity contribution in [1.82, 2.24) is 4.98 Å². The highest BCUT2D eigenvalue weighted by Crippen LogP contribution is 2.35. The number of ether oxygens (including phenoxy) is 4. The normalized spacial score (nSPS) is 11.0. The summed E-state index contributed by atoms with van der Waals surface area (Å²) in [6, 6.07) is 11.3. The lowest BCUT2D eigenvalue weighted by Crippen LogP contribution is -2.07. The van der Waals surface area contributed by atoms with Crippen molar-refractivity contribution in [3.05, 3.63) is 47.3 Å². The van der Waals surface area contributed by atoms with Crippen molar-refractivity contribution < 1.29 is 18.9 Å². The number of hydrogen-bond donors (Lipinski definition) is 1. The van der Waals surface area contributed by atoms with Gasteiger partial charge in [0.2, 0.25) is 5.13 Å². The van der Waals surface area contributed by atoms with E-state index in [1.165, 1.54) is 11.3 Å². The standard InChI is InChI=1S/C22H25N3O4S/c1-14(2)29-21-10-15(6-9-19(21)27-4)12-23-25-22-24-18(13-30-22)17-8-7-16(26-3)11-20(17)28-5/h6-14H,1-5H3,(H,24,25)/b23-12-. The molecule has 0 radical (unpaired) electrons. The molecular weight excluding hydrogens is 402 g/mol. The highest BCUT2D eigenvalue weighted by atomic mass is 32.1. The maximum Gasteiger partial charge on any atom is 0.203 e. The first-order valence-corrected chi connectivity index (χ1v) is 10.2. The fourth-order valence-electron chi connectivity index (χ4n) is 2.74. The third-order valence-corrected chi connectivity index (χ3v) is 4.86. The Morgan fingerprint density at radius 2 is 1.77 bits per heavy atom. The van der Waals surface area contributed by atoms with Crippen molar-refractivity contribution in [2.75, 3.05) is 26.8 Å². The van der Waals surface area contributed by atoms with Gasteiger partial charge in [-0.25, -0.2) is 4.98 Å². The molecule has 7 nitrogen and oxygen atoms in total. The number of rotatable bonds is 9. The highest BCUT2D eigenvalue weighted by Gasteiger charge is 2.11. The van der Waals surface area contributed by atoms with E-state index < -0.39 is 0 Å². The zero-order chi connectivity index (χ0) is 21.5. The predicted molar refractivity (Wildman–Crippen MR) is 121 cm³/mol. The Kier molecular flexibility index (Phi) is 7.13. The van der Waals surface area contributed by atoms with Crippen molar-refractivity contribution in [1.29, 1.82) is 0 Å². The van der Waals surface area contributed by atoms with E-state index in [1.54, 1.807) is 27.5 Å². The molecule has 3 aromatic rings. The topological polar surface area (TPSA) is 74.2 Å². The average Bonchev–Trinajstić information content (AvgIpc) is 3.21. The van der Waals surface area contributed by atoms with Gasteiger partial charge >= 0.3 is 0 Å². The summed E-state index contributed by atoms with van der Waals surface area (Å²) in [7, 11) is 4.87. The van der Waals surface area contributed by atoms with Crippen LogP contribution in [0.25, 0.3) is 11.3 Å². The van der Waals surface area contributed by atoms with Crippen molar-refractivity contribution >= 4 is 22.7 Å². The van der Waals surface area contributed by atoms with Crippen LogP contribution in [0.1, 0.15) is 19.4 Å². The van der Waals surface area contributed by atoms with E-state index in [2.05, 4.69) is 15.5 Å². The molecule has 3 rings (SSSR count). The molecule has 0 amide bonds. The number of nitrogens with zero attached hydrogens (tertiary/aromatic N) is 2. The minimum absolute atomic E-state index is 0.0490. The van der Waals surface area contributed by atoms with Gasteiger partial charge in [-0.15, -0.1) is 11.3 Å². The molecule has 0 fully saturated rings. The van der Waals surface area contributed by atoms with Crippen LogP contribution in [0.3, 0.4) is 0 Å². The number of nitrogens with one attached hydrogen (secondary N) is 1. The maximum absolute atomic E-state index is 5.79. The molecule has 158 valence electrons. The fourth-order valence-corrected chi connectivity index (χ4v) is 3.40. The molecule has 1 heterocycles. The van der Waals surface area contributed by atoms with Crippen LogP contribution in [-0.2, 0) is 0 Å². The van der Waals surface area contributed by atoms with E-state index in [4.69, 9.17) is 18.9 Å². The van der Waals surface area contributed by atoms with E-state index in [9.17, 15) is 0 Å². The lowest BCUT2D eigenvalue weighted by atomic mass is 10.1. The summed E-state index contributed by atoms with van der Waals surface area (Å²) in [5.74, 6) is 2.80. The number of thiazole rings is 1. The Morgan fingerprint density at radius 3 is 2.47 bits per heavy atom. The number of anilines is 1. The molecule has 2 aromatic carbocycles. The summed E-state index contributed by atoms with van der Waals surface area (Å²) in [6.45, 7) is 3.94. The second-order valence-electron chi connectivity index (χ2n) is 6.55. The fraction of sp³-hybridized carbons (Fsp3) is 0.273. The second-order valence-corrected chi connectivity index (χ2v) is 7.41. The molecular formula is C22H25N3O4S. The van der Waals surface area contributed by atoms with Crippen molar-refractivity contribution in [2.24, 2.45) is 5.10 Å². The number of hydrogen-bond acceptors (Lipinski definition) is 8. The van der Waals surface area contributed by atoms with E-state index >= 15 is 0 Å². The van der Waals surface area contributed by atoms with Crippen molar-refractivity contribution in [3.8, 4) is 34.3 Å². The number of aromatic nitrogens is 1. The monoisotopic (exact) mass is 427 g/mol. The minimum atomic E-state index is 0.0490. The van der Waals surface area contributed by atoms with Crippen LogP contribution in [-0.4, -0.2) is 38.6 Å². The Labute approximate surface area is 180 Å². The second kappa shape index (κ2) is 9.98. The van der Waals surface area contributed by atoms with Gasteiger partial charge in [0.1, 0.15) is 11.5 Å². The summed E-state index contributed by atoms with van der Waals surface area (Å²) in [5, 5.41) is 6.91. The van der Waals surface area contributed by atoms with Gasteiger partial charge in [-0.05, 0) is 49.7 Å². The van der Waals surface area contributed by atoms with Gasteiger partial charge in [-0.1, -0.05) is 0 Å². The van der Waals surface area contributed by atoms with Gasteiger partial charge in [0.15, 0.2) is 11.5 Å². The van der Waals surface area contributed by atoms with Crippen LogP contribution in [0.4, 0.5) is 5.13 Å². The number of hydrazone groups is 1. The van der Waals surface area contributed by atoms with Crippen LogP contribution in [0.2, 0.25) is 0 Å². The number of methoxy groups -OCH3 is 3. The Bertz CT molecular complexity index is 1020. The summed E-state index contributed by atoms with van der Waals surface area (Å²) >= 11 is 1.46. The quantitative estimate of drug-likeness (QED) is 0.380. The SMILES string of the molecule is COc1ccc(-c2csc(N/N=C\c3ccc(OC)c(OC(C)C)c3)n2)c(OC)c1. The molecule has 0 spiro atoms. The Balaban J connectivity index is 1.72. The first-order chi connectivity index (χ1) is 14.5. The molecule has 0 aliphatic carbocycles. The molecule has 0 atom stereocenters. The molecule has 8 heteroatoms. The molecule has 0 bridgehead atoms.